The van der Waals surface area contributed by atoms with Gasteiger partial charge in [-0.2, -0.15) is 0 Å². The molecule has 1 unspecified atom stereocenters. The van der Waals surface area contributed by atoms with Crippen molar-refractivity contribution >= 4 is 5.97 Å². The molecule has 0 amide bonds. The molecule has 1 fully saturated rings. The van der Waals surface area contributed by atoms with Crippen LogP contribution in [-0.2, 0) is 14.3 Å². The molecule has 20 heavy (non-hydrogen) atoms. The number of carboxylic acids is 1. The first kappa shape index (κ1) is 17.4. The monoisotopic (exact) mass is 287 g/mol. The predicted molar refractivity (Wildman–Crippen MR) is 78.0 cm³/mol. The van der Waals surface area contributed by atoms with Crippen LogP contribution in [-0.4, -0.2) is 62.5 Å². The van der Waals surface area contributed by atoms with E-state index in [1.165, 1.54) is 0 Å². The highest BCUT2D eigenvalue weighted by atomic mass is 16.5. The maximum absolute atomic E-state index is 11.6. The number of hydrogen-bond donors (Lipinski definition) is 1. The first-order chi connectivity index (χ1) is 9.64. The van der Waals surface area contributed by atoms with E-state index in [-0.39, 0.29) is 0 Å². The number of carboxylic acid groups (broad SMARTS) is 1. The van der Waals surface area contributed by atoms with E-state index >= 15 is 0 Å². The van der Waals surface area contributed by atoms with Crippen molar-refractivity contribution in [1.29, 1.82) is 0 Å². The van der Waals surface area contributed by atoms with Crippen LogP contribution in [0.5, 0.6) is 0 Å². The van der Waals surface area contributed by atoms with Crippen molar-refractivity contribution in [3.8, 4) is 0 Å². The van der Waals surface area contributed by atoms with E-state index in [2.05, 4.69) is 11.8 Å². The summed E-state index contributed by atoms with van der Waals surface area (Å²) in [6, 6.07) is 0. The smallest absolute Gasteiger partial charge is 0.310 e. The Bertz CT molecular complexity index is 281. The van der Waals surface area contributed by atoms with E-state index in [0.717, 1.165) is 45.2 Å². The van der Waals surface area contributed by atoms with Gasteiger partial charge < -0.3 is 19.5 Å². The quantitative estimate of drug-likeness (QED) is 0.623. The zero-order chi connectivity index (χ0) is 14.8. The summed E-state index contributed by atoms with van der Waals surface area (Å²) < 4.78 is 10.4. The third-order valence-electron chi connectivity index (χ3n) is 4.03. The van der Waals surface area contributed by atoms with Gasteiger partial charge in [-0.1, -0.05) is 13.3 Å². The van der Waals surface area contributed by atoms with E-state index in [4.69, 9.17) is 9.47 Å². The van der Waals surface area contributed by atoms with Gasteiger partial charge in [-0.15, -0.1) is 0 Å². The topological polar surface area (TPSA) is 59.0 Å². The summed E-state index contributed by atoms with van der Waals surface area (Å²) in [5.41, 5.74) is -0.524. The minimum atomic E-state index is -0.625. The van der Waals surface area contributed by atoms with Crippen LogP contribution in [0.15, 0.2) is 0 Å². The molecule has 5 heteroatoms. The second kappa shape index (κ2) is 9.32. The highest BCUT2D eigenvalue weighted by molar-refractivity contribution is 5.75. The van der Waals surface area contributed by atoms with Crippen molar-refractivity contribution in [1.82, 2.24) is 4.90 Å². The molecule has 0 aromatic rings. The van der Waals surface area contributed by atoms with Crippen molar-refractivity contribution < 1.29 is 19.4 Å². The maximum Gasteiger partial charge on any atom is 0.310 e. The van der Waals surface area contributed by atoms with Crippen molar-refractivity contribution in [3.05, 3.63) is 0 Å². The highest BCUT2D eigenvalue weighted by Gasteiger charge is 2.41. The Labute approximate surface area is 122 Å². The van der Waals surface area contributed by atoms with E-state index in [1.807, 2.05) is 0 Å². The maximum atomic E-state index is 11.6. The summed E-state index contributed by atoms with van der Waals surface area (Å²) in [5, 5.41) is 9.54. The summed E-state index contributed by atoms with van der Waals surface area (Å²) in [7, 11) is 1.66. The molecule has 1 aliphatic heterocycles. The third-order valence-corrected chi connectivity index (χ3v) is 4.03. The van der Waals surface area contributed by atoms with Gasteiger partial charge in [0.2, 0.25) is 0 Å². The zero-order valence-electron chi connectivity index (χ0n) is 12.9. The summed E-state index contributed by atoms with van der Waals surface area (Å²) in [6.45, 7) is 6.66. The van der Waals surface area contributed by atoms with E-state index in [9.17, 15) is 9.90 Å². The molecule has 0 aliphatic carbocycles. The van der Waals surface area contributed by atoms with Crippen LogP contribution in [0.4, 0.5) is 0 Å². The summed E-state index contributed by atoms with van der Waals surface area (Å²) in [5.74, 6) is -0.625. The Morgan fingerprint density at radius 1 is 1.35 bits per heavy atom. The number of methoxy groups -OCH3 is 1. The van der Waals surface area contributed by atoms with E-state index < -0.39 is 11.4 Å². The van der Waals surface area contributed by atoms with Gasteiger partial charge in [-0.25, -0.2) is 0 Å². The highest BCUT2D eigenvalue weighted by Crippen LogP contribution is 2.35. The van der Waals surface area contributed by atoms with Gasteiger partial charge in [0.05, 0.1) is 18.6 Å². The lowest BCUT2D eigenvalue weighted by Gasteiger charge is -2.40. The van der Waals surface area contributed by atoms with Crippen LogP contribution in [0, 0.1) is 5.41 Å². The van der Waals surface area contributed by atoms with E-state index in [1.54, 1.807) is 7.11 Å². The fourth-order valence-corrected chi connectivity index (χ4v) is 3.02. The number of piperidine rings is 1. The van der Waals surface area contributed by atoms with E-state index in [0.29, 0.717) is 26.4 Å². The predicted octanol–water partition coefficient (Wildman–Crippen LogP) is 2.01. The molecule has 1 atom stereocenters. The van der Waals surface area contributed by atoms with Crippen LogP contribution in [0.1, 0.15) is 39.0 Å². The standard InChI is InChI=1S/C15H29NO4/c1-3-6-15(14(17)18)7-4-8-16(13-15)9-5-10-20-12-11-19-2/h3-13H2,1-2H3,(H,17,18). The lowest BCUT2D eigenvalue weighted by atomic mass is 9.76. The molecular weight excluding hydrogens is 258 g/mol. The average Bonchev–Trinajstić information content (AvgIpc) is 2.43. The van der Waals surface area contributed by atoms with Gasteiger partial charge in [-0.3, -0.25) is 4.79 Å². The Morgan fingerprint density at radius 3 is 2.80 bits per heavy atom. The molecule has 0 aromatic carbocycles. The molecule has 1 N–H and O–H groups in total. The van der Waals surface area contributed by atoms with Crippen molar-refractivity contribution in [2.45, 2.75) is 39.0 Å². The number of ether oxygens (including phenoxy) is 2. The molecule has 1 saturated heterocycles. The van der Waals surface area contributed by atoms with Crippen LogP contribution < -0.4 is 0 Å². The number of nitrogens with zero attached hydrogens (tertiary/aromatic N) is 1. The van der Waals surface area contributed by atoms with Gasteiger partial charge in [-0.05, 0) is 32.2 Å². The third kappa shape index (κ3) is 5.38. The minimum absolute atomic E-state index is 0.524. The minimum Gasteiger partial charge on any atom is -0.481 e. The Balaban J connectivity index is 2.31. The molecule has 0 radical (unpaired) electrons. The number of aliphatic carboxylic acids is 1. The fraction of sp³-hybridized carbons (Fsp3) is 0.933. The molecule has 0 aromatic heterocycles. The number of rotatable bonds is 10. The van der Waals surface area contributed by atoms with Crippen molar-refractivity contribution in [2.75, 3.05) is 46.6 Å². The molecule has 118 valence electrons. The molecule has 0 saturated carbocycles. The largest absolute Gasteiger partial charge is 0.481 e. The van der Waals surface area contributed by atoms with Gasteiger partial charge in [0, 0.05) is 26.8 Å². The van der Waals surface area contributed by atoms with Gasteiger partial charge in [0.1, 0.15) is 0 Å². The normalized spacial score (nSPS) is 23.9. The van der Waals surface area contributed by atoms with Crippen LogP contribution >= 0.6 is 0 Å². The first-order valence-corrected chi connectivity index (χ1v) is 7.67. The Hall–Kier alpha value is -0.650. The van der Waals surface area contributed by atoms with Crippen LogP contribution in [0.2, 0.25) is 0 Å². The lowest BCUT2D eigenvalue weighted by Crippen LogP contribution is -2.48. The van der Waals surface area contributed by atoms with Crippen molar-refractivity contribution in [3.63, 3.8) is 0 Å². The molecular formula is C15H29NO4. The first-order valence-electron chi connectivity index (χ1n) is 7.67. The zero-order valence-corrected chi connectivity index (χ0v) is 12.9. The number of hydrogen-bond acceptors (Lipinski definition) is 4. The average molecular weight is 287 g/mol. The second-order valence-electron chi connectivity index (χ2n) is 5.67. The van der Waals surface area contributed by atoms with Gasteiger partial charge >= 0.3 is 5.97 Å². The van der Waals surface area contributed by atoms with Crippen LogP contribution in [0.25, 0.3) is 0 Å². The molecule has 1 rings (SSSR count). The Kier molecular flexibility index (Phi) is 8.11. The summed E-state index contributed by atoms with van der Waals surface area (Å²) >= 11 is 0. The summed E-state index contributed by atoms with van der Waals surface area (Å²) in [4.78, 5) is 13.9. The summed E-state index contributed by atoms with van der Waals surface area (Å²) in [6.07, 6.45) is 4.46. The molecule has 0 spiro atoms. The second-order valence-corrected chi connectivity index (χ2v) is 5.67. The number of likely N-dealkylation sites (tertiary alicyclic amines) is 1. The van der Waals surface area contributed by atoms with Gasteiger partial charge in [0.25, 0.3) is 0 Å². The van der Waals surface area contributed by atoms with Crippen molar-refractivity contribution in [2.24, 2.45) is 5.41 Å². The Morgan fingerprint density at radius 2 is 2.15 bits per heavy atom. The fourth-order valence-electron chi connectivity index (χ4n) is 3.02. The number of carbonyl (C=O) groups is 1. The van der Waals surface area contributed by atoms with Crippen LogP contribution in [0.3, 0.4) is 0 Å². The SMILES string of the molecule is CCCC1(C(=O)O)CCCN(CCCOCCOC)C1. The molecule has 1 heterocycles. The molecule has 0 bridgehead atoms. The van der Waals surface area contributed by atoms with Gasteiger partial charge in [0.15, 0.2) is 0 Å². The molecule has 1 aliphatic rings. The lowest BCUT2D eigenvalue weighted by molar-refractivity contribution is -0.153. The molecule has 5 nitrogen and oxygen atoms in total.